The molecule has 1 aromatic heterocycles. The van der Waals surface area contributed by atoms with Gasteiger partial charge in [0.25, 0.3) is 12.3 Å². The molecule has 3 N–H and O–H groups in total. The van der Waals surface area contributed by atoms with Gasteiger partial charge in [-0.2, -0.15) is 11.3 Å². The van der Waals surface area contributed by atoms with Gasteiger partial charge in [0.15, 0.2) is 0 Å². The van der Waals surface area contributed by atoms with Crippen molar-refractivity contribution in [3.63, 3.8) is 0 Å². The number of nitrogens with one attached hydrogen (secondary N) is 2. The molecule has 0 aliphatic heterocycles. The van der Waals surface area contributed by atoms with Gasteiger partial charge in [0.2, 0.25) is 5.91 Å². The summed E-state index contributed by atoms with van der Waals surface area (Å²) in [7, 11) is 0. The van der Waals surface area contributed by atoms with E-state index in [0.29, 0.717) is 5.56 Å². The molecule has 0 saturated heterocycles. The zero-order chi connectivity index (χ0) is 14.3. The highest BCUT2D eigenvalue weighted by atomic mass is 32.1. The number of thiophene rings is 1. The Morgan fingerprint density at radius 3 is 2.68 bits per heavy atom. The number of aliphatic hydroxyl groups excluding tert-OH is 1. The Kier molecular flexibility index (Phi) is 6.37. The van der Waals surface area contributed by atoms with Gasteiger partial charge in [-0.05, 0) is 11.4 Å². The predicted molar refractivity (Wildman–Crippen MR) is 66.3 cm³/mol. The molecular weight excluding hydrogens is 278 g/mol. The molecule has 1 heterocycles. The number of rotatable bonds is 7. The van der Waals surface area contributed by atoms with Crippen LogP contribution in [-0.4, -0.2) is 42.5 Å². The van der Waals surface area contributed by atoms with Crippen molar-refractivity contribution in [2.45, 2.75) is 19.0 Å². The highest BCUT2D eigenvalue weighted by Crippen LogP contribution is 2.05. The standard InChI is InChI=1S/C11H14F2N2O3S/c12-10(13)8(16)5-15-9(17)1-3-14-11(18)7-2-4-19-6-7/h2,4,6,8,10,16H,1,3,5H2,(H,14,18)(H,15,17). The van der Waals surface area contributed by atoms with Crippen LogP contribution in [0.5, 0.6) is 0 Å². The molecule has 2 amide bonds. The van der Waals surface area contributed by atoms with Gasteiger partial charge >= 0.3 is 0 Å². The Labute approximate surface area is 112 Å². The summed E-state index contributed by atoms with van der Waals surface area (Å²) < 4.78 is 23.9. The van der Waals surface area contributed by atoms with E-state index >= 15 is 0 Å². The number of amides is 2. The largest absolute Gasteiger partial charge is 0.385 e. The lowest BCUT2D eigenvalue weighted by Crippen LogP contribution is -2.37. The number of halogens is 2. The molecule has 8 heteroatoms. The van der Waals surface area contributed by atoms with Crippen molar-refractivity contribution in [1.29, 1.82) is 0 Å². The smallest absolute Gasteiger partial charge is 0.265 e. The van der Waals surface area contributed by atoms with E-state index in [1.54, 1.807) is 16.8 Å². The Bertz CT molecular complexity index is 412. The molecule has 0 aliphatic rings. The molecule has 0 aromatic carbocycles. The normalized spacial score (nSPS) is 12.2. The van der Waals surface area contributed by atoms with Crippen LogP contribution in [0.2, 0.25) is 0 Å². The lowest BCUT2D eigenvalue weighted by atomic mass is 10.3. The van der Waals surface area contributed by atoms with Gasteiger partial charge in [-0.15, -0.1) is 0 Å². The third kappa shape index (κ3) is 5.75. The fourth-order valence-electron chi connectivity index (χ4n) is 1.18. The molecule has 1 unspecified atom stereocenters. The van der Waals surface area contributed by atoms with Crippen LogP contribution in [0.1, 0.15) is 16.8 Å². The van der Waals surface area contributed by atoms with E-state index in [9.17, 15) is 18.4 Å². The number of hydrogen-bond acceptors (Lipinski definition) is 4. The molecule has 0 aliphatic carbocycles. The van der Waals surface area contributed by atoms with Crippen LogP contribution in [-0.2, 0) is 4.79 Å². The maximum Gasteiger partial charge on any atom is 0.265 e. The van der Waals surface area contributed by atoms with Gasteiger partial charge in [0.1, 0.15) is 6.10 Å². The predicted octanol–water partition coefficient (Wildman–Crippen LogP) is 0.610. The van der Waals surface area contributed by atoms with Crippen LogP contribution in [0.25, 0.3) is 0 Å². The van der Waals surface area contributed by atoms with Crippen LogP contribution in [0.3, 0.4) is 0 Å². The molecule has 0 fully saturated rings. The fraction of sp³-hybridized carbons (Fsp3) is 0.455. The van der Waals surface area contributed by atoms with Crippen LogP contribution in [0, 0.1) is 0 Å². The minimum Gasteiger partial charge on any atom is -0.385 e. The van der Waals surface area contributed by atoms with E-state index in [2.05, 4.69) is 10.6 Å². The van der Waals surface area contributed by atoms with Gasteiger partial charge in [0, 0.05) is 30.5 Å². The minimum absolute atomic E-state index is 0.0359. The van der Waals surface area contributed by atoms with Crippen molar-refractivity contribution in [2.75, 3.05) is 13.1 Å². The van der Waals surface area contributed by atoms with E-state index in [0.717, 1.165) is 0 Å². The maximum atomic E-state index is 11.9. The topological polar surface area (TPSA) is 78.4 Å². The minimum atomic E-state index is -2.89. The van der Waals surface area contributed by atoms with Crippen molar-refractivity contribution in [3.05, 3.63) is 22.4 Å². The molecule has 1 aromatic rings. The van der Waals surface area contributed by atoms with Crippen LogP contribution in [0.4, 0.5) is 8.78 Å². The summed E-state index contributed by atoms with van der Waals surface area (Å²) in [5.41, 5.74) is 0.513. The number of carbonyl (C=O) groups excluding carboxylic acids is 2. The lowest BCUT2D eigenvalue weighted by molar-refractivity contribution is -0.122. The van der Waals surface area contributed by atoms with Crippen LogP contribution >= 0.6 is 11.3 Å². The third-order valence-corrected chi connectivity index (χ3v) is 2.90. The summed E-state index contributed by atoms with van der Waals surface area (Å²) in [6.45, 7) is -0.403. The monoisotopic (exact) mass is 292 g/mol. The second kappa shape index (κ2) is 7.80. The molecule has 0 bridgehead atoms. The summed E-state index contributed by atoms with van der Waals surface area (Å²) in [5, 5.41) is 16.9. The summed E-state index contributed by atoms with van der Waals surface area (Å²) in [6, 6.07) is 1.65. The highest BCUT2D eigenvalue weighted by molar-refractivity contribution is 7.08. The van der Waals surface area contributed by atoms with E-state index in [-0.39, 0.29) is 18.9 Å². The summed E-state index contributed by atoms with van der Waals surface area (Å²) >= 11 is 1.38. The Morgan fingerprint density at radius 1 is 1.37 bits per heavy atom. The SMILES string of the molecule is O=C(CCNC(=O)c1ccsc1)NCC(O)C(F)F. The van der Waals surface area contributed by atoms with Gasteiger partial charge in [0.05, 0.1) is 0 Å². The van der Waals surface area contributed by atoms with Gasteiger partial charge < -0.3 is 15.7 Å². The van der Waals surface area contributed by atoms with Gasteiger partial charge in [-0.3, -0.25) is 9.59 Å². The summed E-state index contributed by atoms with van der Waals surface area (Å²) in [6.07, 6.45) is -4.80. The molecule has 5 nitrogen and oxygen atoms in total. The first-order valence-electron chi connectivity index (χ1n) is 5.54. The maximum absolute atomic E-state index is 11.9. The second-order valence-electron chi connectivity index (χ2n) is 3.72. The molecule has 1 rings (SSSR count). The molecular formula is C11H14F2N2O3S. The van der Waals surface area contributed by atoms with Crippen LogP contribution in [0.15, 0.2) is 16.8 Å². The molecule has 0 spiro atoms. The van der Waals surface area contributed by atoms with E-state index in [4.69, 9.17) is 5.11 Å². The average Bonchev–Trinajstić information content (AvgIpc) is 2.89. The van der Waals surface area contributed by atoms with Crippen molar-refractivity contribution in [3.8, 4) is 0 Å². The molecule has 19 heavy (non-hydrogen) atoms. The zero-order valence-corrected chi connectivity index (χ0v) is 10.8. The Balaban J connectivity index is 2.15. The van der Waals surface area contributed by atoms with Gasteiger partial charge in [-0.1, -0.05) is 0 Å². The van der Waals surface area contributed by atoms with E-state index < -0.39 is 25.0 Å². The van der Waals surface area contributed by atoms with E-state index in [1.165, 1.54) is 11.3 Å². The van der Waals surface area contributed by atoms with Crippen molar-refractivity contribution >= 4 is 23.2 Å². The zero-order valence-electron chi connectivity index (χ0n) is 9.94. The lowest BCUT2D eigenvalue weighted by Gasteiger charge is -2.10. The Morgan fingerprint density at radius 2 is 2.11 bits per heavy atom. The average molecular weight is 292 g/mol. The molecule has 1 atom stereocenters. The first-order chi connectivity index (χ1) is 9.00. The van der Waals surface area contributed by atoms with E-state index in [1.807, 2.05) is 0 Å². The summed E-state index contributed by atoms with van der Waals surface area (Å²) in [5.74, 6) is -0.799. The first-order valence-corrected chi connectivity index (χ1v) is 6.48. The molecule has 0 radical (unpaired) electrons. The molecule has 0 saturated carbocycles. The number of carbonyl (C=O) groups is 2. The Hall–Kier alpha value is -1.54. The highest BCUT2D eigenvalue weighted by Gasteiger charge is 2.17. The van der Waals surface area contributed by atoms with Crippen molar-refractivity contribution < 1.29 is 23.5 Å². The van der Waals surface area contributed by atoms with Crippen molar-refractivity contribution in [1.82, 2.24) is 10.6 Å². The summed E-state index contributed by atoms with van der Waals surface area (Å²) in [4.78, 5) is 22.7. The van der Waals surface area contributed by atoms with Crippen LogP contribution < -0.4 is 10.6 Å². The number of aliphatic hydroxyl groups is 1. The fourth-order valence-corrected chi connectivity index (χ4v) is 1.82. The first kappa shape index (κ1) is 15.5. The van der Waals surface area contributed by atoms with Gasteiger partial charge in [-0.25, -0.2) is 8.78 Å². The number of hydrogen-bond donors (Lipinski definition) is 3. The van der Waals surface area contributed by atoms with Crippen molar-refractivity contribution in [2.24, 2.45) is 0 Å². The number of alkyl halides is 2. The third-order valence-electron chi connectivity index (χ3n) is 2.22. The quantitative estimate of drug-likeness (QED) is 0.689. The molecule has 106 valence electrons. The second-order valence-corrected chi connectivity index (χ2v) is 4.50.